The van der Waals surface area contributed by atoms with E-state index in [0.717, 1.165) is 0 Å². The molecule has 0 saturated carbocycles. The van der Waals surface area contributed by atoms with Crippen molar-refractivity contribution in [1.82, 2.24) is 0 Å². The molecule has 0 aliphatic heterocycles. The average molecular weight is 412 g/mol. The van der Waals surface area contributed by atoms with Crippen LogP contribution in [0.25, 0.3) is 0 Å². The molecule has 6 heteroatoms. The zero-order valence-electron chi connectivity index (χ0n) is 8.79. The van der Waals surface area contributed by atoms with Crippen LogP contribution in [0.3, 0.4) is 0 Å². The lowest BCUT2D eigenvalue weighted by atomic mass is 10.3. The van der Waals surface area contributed by atoms with Gasteiger partial charge < -0.3 is 0 Å². The fourth-order valence-electron chi connectivity index (χ4n) is 1.19. The van der Waals surface area contributed by atoms with Gasteiger partial charge in [0.2, 0.25) is 0 Å². The van der Waals surface area contributed by atoms with E-state index in [9.17, 15) is 8.78 Å². The van der Waals surface area contributed by atoms with Gasteiger partial charge in [0, 0.05) is 0 Å². The summed E-state index contributed by atoms with van der Waals surface area (Å²) in [5.74, 6) is -0.657. The van der Waals surface area contributed by atoms with Crippen LogP contribution in [-0.2, 0) is 0 Å². The van der Waals surface area contributed by atoms with E-state index < -0.39 is 0 Å². The summed E-state index contributed by atoms with van der Waals surface area (Å²) in [5.41, 5.74) is 0. The second kappa shape index (κ2) is 6.41. The smallest absolute Gasteiger partial charge is 0.151 e. The van der Waals surface area contributed by atoms with Gasteiger partial charge in [-0.3, -0.25) is 0 Å². The second-order valence-corrected chi connectivity index (χ2v) is 7.19. The van der Waals surface area contributed by atoms with Crippen molar-refractivity contribution >= 4 is 53.4 Å². The van der Waals surface area contributed by atoms with Gasteiger partial charge in [0.15, 0.2) is 11.6 Å². The van der Waals surface area contributed by atoms with E-state index in [1.54, 1.807) is 36.4 Å². The SMILES string of the molecule is Fc1c(Br)cccc1SSc1cccc(Br)c1F. The Balaban J connectivity index is 2.17. The molecule has 0 aromatic heterocycles. The maximum absolute atomic E-state index is 13.7. The molecule has 2 rings (SSSR count). The van der Waals surface area contributed by atoms with Crippen LogP contribution in [-0.4, -0.2) is 0 Å². The summed E-state index contributed by atoms with van der Waals surface area (Å²) < 4.78 is 28.2. The molecule has 0 amide bonds. The first-order valence-electron chi connectivity index (χ1n) is 4.82. The Morgan fingerprint density at radius 1 is 0.722 bits per heavy atom. The van der Waals surface area contributed by atoms with E-state index in [1.165, 1.54) is 21.6 Å². The molecular formula is C12H6Br2F2S2. The molecule has 94 valence electrons. The molecule has 0 aliphatic carbocycles. The van der Waals surface area contributed by atoms with E-state index in [1.807, 2.05) is 0 Å². The molecule has 0 fully saturated rings. The van der Waals surface area contributed by atoms with E-state index >= 15 is 0 Å². The molecule has 18 heavy (non-hydrogen) atoms. The molecule has 0 saturated heterocycles. The molecule has 0 unspecified atom stereocenters. The fourth-order valence-corrected chi connectivity index (χ4v) is 4.31. The fraction of sp³-hybridized carbons (Fsp3) is 0. The molecule has 0 nitrogen and oxygen atoms in total. The van der Waals surface area contributed by atoms with Crippen molar-refractivity contribution < 1.29 is 8.78 Å². The van der Waals surface area contributed by atoms with Crippen molar-refractivity contribution in [2.45, 2.75) is 9.79 Å². The van der Waals surface area contributed by atoms with Crippen molar-refractivity contribution in [3.8, 4) is 0 Å². The third kappa shape index (κ3) is 3.29. The van der Waals surface area contributed by atoms with Crippen LogP contribution in [0.4, 0.5) is 8.78 Å². The van der Waals surface area contributed by atoms with E-state index in [-0.39, 0.29) is 11.6 Å². The van der Waals surface area contributed by atoms with Crippen LogP contribution in [0.5, 0.6) is 0 Å². The van der Waals surface area contributed by atoms with Gasteiger partial charge in [-0.15, -0.1) is 0 Å². The van der Waals surface area contributed by atoms with Crippen LogP contribution >= 0.6 is 53.4 Å². The molecule has 0 N–H and O–H groups in total. The van der Waals surface area contributed by atoms with Gasteiger partial charge in [-0.05, 0) is 77.7 Å². The van der Waals surface area contributed by atoms with Crippen LogP contribution < -0.4 is 0 Å². The first kappa shape index (κ1) is 14.4. The molecule has 0 aliphatic rings. The number of hydrogen-bond acceptors (Lipinski definition) is 2. The Bertz CT molecular complexity index is 524. The van der Waals surface area contributed by atoms with Gasteiger partial charge in [0.25, 0.3) is 0 Å². The predicted molar refractivity (Wildman–Crippen MR) is 79.9 cm³/mol. The summed E-state index contributed by atoms with van der Waals surface area (Å²) >= 11 is 6.24. The van der Waals surface area contributed by atoms with Gasteiger partial charge in [-0.25, -0.2) is 8.78 Å². The van der Waals surface area contributed by atoms with E-state index in [0.29, 0.717) is 18.7 Å². The van der Waals surface area contributed by atoms with Crippen LogP contribution in [0.2, 0.25) is 0 Å². The minimum atomic E-state index is -0.328. The topological polar surface area (TPSA) is 0 Å². The first-order valence-corrected chi connectivity index (χ1v) is 8.55. The highest BCUT2D eigenvalue weighted by molar-refractivity contribution is 9.10. The summed E-state index contributed by atoms with van der Waals surface area (Å²) in [7, 11) is 2.38. The Morgan fingerprint density at radius 2 is 1.11 bits per heavy atom. The highest BCUT2D eigenvalue weighted by Gasteiger charge is 2.10. The Kier molecular flexibility index (Phi) is 5.12. The molecule has 0 heterocycles. The maximum atomic E-state index is 13.7. The monoisotopic (exact) mass is 410 g/mol. The summed E-state index contributed by atoms with van der Waals surface area (Å²) in [4.78, 5) is 0.933. The predicted octanol–water partition coefficient (Wildman–Crippen LogP) is 6.29. The van der Waals surface area contributed by atoms with Crippen LogP contribution in [0.15, 0.2) is 55.1 Å². The minimum absolute atomic E-state index is 0.328. The van der Waals surface area contributed by atoms with E-state index in [2.05, 4.69) is 31.9 Å². The van der Waals surface area contributed by atoms with Crippen LogP contribution in [0, 0.1) is 11.6 Å². The lowest BCUT2D eigenvalue weighted by Gasteiger charge is -2.05. The van der Waals surface area contributed by atoms with Crippen molar-refractivity contribution in [3.63, 3.8) is 0 Å². The number of hydrogen-bond donors (Lipinski definition) is 0. The second-order valence-electron chi connectivity index (χ2n) is 3.27. The van der Waals surface area contributed by atoms with Crippen molar-refractivity contribution in [2.75, 3.05) is 0 Å². The molecule has 0 atom stereocenters. The normalized spacial score (nSPS) is 10.7. The van der Waals surface area contributed by atoms with Gasteiger partial charge in [-0.1, -0.05) is 12.1 Å². The summed E-state index contributed by atoms with van der Waals surface area (Å²) in [6.07, 6.45) is 0. The molecule has 0 radical (unpaired) electrons. The Hall–Kier alpha value is -0.0400. The molecule has 2 aromatic rings. The molecule has 0 spiro atoms. The molecule has 2 aromatic carbocycles. The minimum Gasteiger partial charge on any atom is -0.204 e. The summed E-state index contributed by atoms with van der Waals surface area (Å²) in [6.45, 7) is 0. The van der Waals surface area contributed by atoms with Gasteiger partial charge in [0.05, 0.1) is 18.7 Å². The van der Waals surface area contributed by atoms with Crippen molar-refractivity contribution in [2.24, 2.45) is 0 Å². The third-order valence-electron chi connectivity index (χ3n) is 2.05. The quantitative estimate of drug-likeness (QED) is 0.544. The van der Waals surface area contributed by atoms with E-state index in [4.69, 9.17) is 0 Å². The van der Waals surface area contributed by atoms with Gasteiger partial charge in [0.1, 0.15) is 0 Å². The lowest BCUT2D eigenvalue weighted by Crippen LogP contribution is -1.83. The highest BCUT2D eigenvalue weighted by Crippen LogP contribution is 2.41. The number of benzene rings is 2. The van der Waals surface area contributed by atoms with Crippen LogP contribution in [0.1, 0.15) is 0 Å². The van der Waals surface area contributed by atoms with Crippen molar-refractivity contribution in [3.05, 3.63) is 57.0 Å². The zero-order chi connectivity index (χ0) is 13.1. The Labute approximate surface area is 128 Å². The largest absolute Gasteiger partial charge is 0.204 e. The first-order chi connectivity index (χ1) is 8.59. The van der Waals surface area contributed by atoms with Gasteiger partial charge in [-0.2, -0.15) is 0 Å². The highest BCUT2D eigenvalue weighted by atomic mass is 79.9. The molecular weight excluding hydrogens is 406 g/mol. The zero-order valence-corrected chi connectivity index (χ0v) is 13.6. The number of halogens is 4. The average Bonchev–Trinajstić information content (AvgIpc) is 2.36. The van der Waals surface area contributed by atoms with Crippen molar-refractivity contribution in [1.29, 1.82) is 0 Å². The number of rotatable bonds is 3. The lowest BCUT2D eigenvalue weighted by molar-refractivity contribution is 0.594. The maximum Gasteiger partial charge on any atom is 0.151 e. The summed E-state index contributed by atoms with van der Waals surface area (Å²) in [5, 5.41) is 0. The van der Waals surface area contributed by atoms with Gasteiger partial charge >= 0.3 is 0 Å². The Morgan fingerprint density at radius 3 is 1.50 bits per heavy atom. The standard InChI is InChI=1S/C12H6Br2F2S2/c13-7-3-1-5-9(11(7)15)17-18-10-6-2-4-8(14)12(10)16/h1-6H. The molecule has 0 bridgehead atoms. The third-order valence-corrected chi connectivity index (χ3v) is 5.68. The summed E-state index contributed by atoms with van der Waals surface area (Å²) in [6, 6.07) is 10.1.